The molecule has 1 aliphatic carbocycles. The Bertz CT molecular complexity index is 1090. The van der Waals surface area contributed by atoms with Crippen LogP contribution in [-0.2, 0) is 17.6 Å². The number of hydrogen-bond donors (Lipinski definition) is 4. The summed E-state index contributed by atoms with van der Waals surface area (Å²) in [5, 5.41) is 38.6. The Labute approximate surface area is 150 Å². The van der Waals surface area contributed by atoms with Gasteiger partial charge in [0.2, 0.25) is 0 Å². The number of ether oxygens (including phenoxy) is 1. The van der Waals surface area contributed by atoms with Crippen LogP contribution in [0.1, 0.15) is 28.8 Å². The maximum absolute atomic E-state index is 12.7. The topological polar surface area (TPSA) is 148 Å². The van der Waals surface area contributed by atoms with Crippen LogP contribution in [-0.4, -0.2) is 59.5 Å². The van der Waals surface area contributed by atoms with Crippen LogP contribution >= 0.6 is 11.3 Å². The number of nitrogen functional groups attached to an aromatic ring is 1. The van der Waals surface area contributed by atoms with Crippen LogP contribution in [0.15, 0.2) is 4.79 Å². The van der Waals surface area contributed by atoms with Crippen molar-refractivity contribution >= 4 is 27.3 Å². The molecule has 0 aromatic carbocycles. The minimum atomic E-state index is -1.38. The summed E-state index contributed by atoms with van der Waals surface area (Å²) in [6.45, 7) is -0.149. The number of aromatic nitrogens is 4. The monoisotopic (exact) mass is 379 g/mol. The number of thiophene rings is 1. The van der Waals surface area contributed by atoms with Crippen molar-refractivity contribution in [2.24, 2.45) is 0 Å². The van der Waals surface area contributed by atoms with E-state index in [0.717, 1.165) is 34.4 Å². The third-order valence-electron chi connectivity index (χ3n) is 5.18. The van der Waals surface area contributed by atoms with Gasteiger partial charge in [-0.1, -0.05) is 0 Å². The number of fused-ring (bicyclic) bond motifs is 5. The Hall–Kier alpha value is -2.05. The van der Waals surface area contributed by atoms with Crippen LogP contribution in [0.25, 0.3) is 16.0 Å². The lowest BCUT2D eigenvalue weighted by Crippen LogP contribution is -2.49. The lowest BCUT2D eigenvalue weighted by Gasteiger charge is -2.34. The van der Waals surface area contributed by atoms with Crippen LogP contribution in [0.5, 0.6) is 0 Å². The van der Waals surface area contributed by atoms with Crippen LogP contribution in [0.4, 0.5) is 0 Å². The standard InChI is InChI=1S/C15H17N5O5S/c16-20-13(24)8-5-2-1-3-7(5)26-14(8)19-12(17-18-15(19)20)11-10(23)9(22)6(21)4-25-11/h6,9-11,21-23H,1-4,16H2/t6-,9+,10-,11?/m1/s1. The van der Waals surface area contributed by atoms with Gasteiger partial charge >= 0.3 is 0 Å². The largest absolute Gasteiger partial charge is 0.388 e. The van der Waals surface area contributed by atoms with Crippen LogP contribution in [0, 0.1) is 0 Å². The Morgan fingerprint density at radius 1 is 1.19 bits per heavy atom. The maximum Gasteiger partial charge on any atom is 0.282 e. The minimum Gasteiger partial charge on any atom is -0.388 e. The van der Waals surface area contributed by atoms with Gasteiger partial charge in [0.05, 0.1) is 12.0 Å². The average molecular weight is 379 g/mol. The second-order valence-electron chi connectivity index (χ2n) is 6.71. The van der Waals surface area contributed by atoms with E-state index in [0.29, 0.717) is 10.2 Å². The normalized spacial score (nSPS) is 28.9. The predicted octanol–water partition coefficient (Wildman–Crippen LogP) is -1.54. The summed E-state index contributed by atoms with van der Waals surface area (Å²) in [6, 6.07) is 0. The Morgan fingerprint density at radius 2 is 2.00 bits per heavy atom. The molecule has 138 valence electrons. The fraction of sp³-hybridized carbons (Fsp3) is 0.533. The summed E-state index contributed by atoms with van der Waals surface area (Å²) in [5.74, 6) is 6.33. The summed E-state index contributed by atoms with van der Waals surface area (Å²) in [7, 11) is 0. The minimum absolute atomic E-state index is 0.133. The van der Waals surface area contributed by atoms with Gasteiger partial charge in [0, 0.05) is 4.88 Å². The van der Waals surface area contributed by atoms with E-state index in [1.165, 1.54) is 11.3 Å². The van der Waals surface area contributed by atoms with E-state index in [2.05, 4.69) is 10.2 Å². The molecule has 5 N–H and O–H groups in total. The molecule has 0 radical (unpaired) electrons. The van der Waals surface area contributed by atoms with Gasteiger partial charge in [-0.2, -0.15) is 4.68 Å². The van der Waals surface area contributed by atoms with Crippen molar-refractivity contribution in [2.45, 2.75) is 43.7 Å². The molecular weight excluding hydrogens is 362 g/mol. The van der Waals surface area contributed by atoms with E-state index in [1.807, 2.05) is 0 Å². The first-order chi connectivity index (χ1) is 12.5. The molecule has 1 aliphatic heterocycles. The third-order valence-corrected chi connectivity index (χ3v) is 6.46. The summed E-state index contributed by atoms with van der Waals surface area (Å²) < 4.78 is 8.07. The molecule has 26 heavy (non-hydrogen) atoms. The number of aliphatic hydroxyl groups excluding tert-OH is 3. The van der Waals surface area contributed by atoms with E-state index in [4.69, 9.17) is 10.6 Å². The molecule has 10 nitrogen and oxygen atoms in total. The summed E-state index contributed by atoms with van der Waals surface area (Å²) in [4.78, 5) is 14.5. The number of aryl methyl sites for hydroxylation is 2. The molecular formula is C15H17N5O5S. The quantitative estimate of drug-likeness (QED) is 0.372. The van der Waals surface area contributed by atoms with Crippen molar-refractivity contribution in [1.29, 1.82) is 0 Å². The van der Waals surface area contributed by atoms with E-state index in [9.17, 15) is 20.1 Å². The zero-order valence-electron chi connectivity index (χ0n) is 13.6. The molecule has 0 spiro atoms. The average Bonchev–Trinajstić information content (AvgIpc) is 3.31. The molecule has 0 bridgehead atoms. The molecule has 3 aromatic rings. The van der Waals surface area contributed by atoms with Gasteiger partial charge in [0.1, 0.15) is 29.2 Å². The lowest BCUT2D eigenvalue weighted by atomic mass is 9.99. The molecule has 1 saturated heterocycles. The van der Waals surface area contributed by atoms with Gasteiger partial charge in [-0.15, -0.1) is 21.5 Å². The number of rotatable bonds is 1. The summed E-state index contributed by atoms with van der Waals surface area (Å²) in [6.07, 6.45) is -2.20. The second-order valence-corrected chi connectivity index (χ2v) is 7.79. The van der Waals surface area contributed by atoms with Crippen molar-refractivity contribution in [3.05, 3.63) is 26.6 Å². The molecule has 1 fully saturated rings. The molecule has 5 rings (SSSR count). The van der Waals surface area contributed by atoms with Gasteiger partial charge in [0.15, 0.2) is 5.82 Å². The molecule has 4 heterocycles. The van der Waals surface area contributed by atoms with Gasteiger partial charge in [-0.3, -0.25) is 9.20 Å². The maximum atomic E-state index is 12.7. The van der Waals surface area contributed by atoms with Crippen LogP contribution in [0.3, 0.4) is 0 Å². The van der Waals surface area contributed by atoms with Crippen molar-refractivity contribution in [3.8, 4) is 0 Å². The smallest absolute Gasteiger partial charge is 0.282 e. The highest BCUT2D eigenvalue weighted by atomic mass is 32.1. The molecule has 2 aliphatic rings. The van der Waals surface area contributed by atoms with E-state index >= 15 is 0 Å². The molecule has 1 unspecified atom stereocenters. The number of hydrogen-bond acceptors (Lipinski definition) is 9. The Balaban J connectivity index is 1.79. The van der Waals surface area contributed by atoms with Crippen molar-refractivity contribution in [3.63, 3.8) is 0 Å². The third kappa shape index (κ3) is 1.97. The highest BCUT2D eigenvalue weighted by molar-refractivity contribution is 7.19. The van der Waals surface area contributed by atoms with Crippen LogP contribution < -0.4 is 11.4 Å². The van der Waals surface area contributed by atoms with E-state index < -0.39 is 24.4 Å². The highest BCUT2D eigenvalue weighted by Crippen LogP contribution is 2.37. The fourth-order valence-electron chi connectivity index (χ4n) is 3.84. The zero-order valence-corrected chi connectivity index (χ0v) is 14.4. The first-order valence-corrected chi connectivity index (χ1v) is 9.16. The number of aliphatic hydroxyl groups is 3. The first kappa shape index (κ1) is 16.1. The van der Waals surface area contributed by atoms with Gasteiger partial charge in [0.25, 0.3) is 11.3 Å². The second kappa shape index (κ2) is 5.47. The number of nitrogens with zero attached hydrogens (tertiary/aromatic N) is 4. The summed E-state index contributed by atoms with van der Waals surface area (Å²) in [5.41, 5.74) is 0.683. The SMILES string of the molecule is Nn1c(=O)c2c3c(sc2n2c(C4OC[C@@H](O)[C@H](O)[C@H]4O)nnc12)CCC3. The van der Waals surface area contributed by atoms with Crippen molar-refractivity contribution in [1.82, 2.24) is 19.3 Å². The predicted molar refractivity (Wildman–Crippen MR) is 91.5 cm³/mol. The van der Waals surface area contributed by atoms with Crippen molar-refractivity contribution in [2.75, 3.05) is 12.4 Å². The van der Waals surface area contributed by atoms with Crippen molar-refractivity contribution < 1.29 is 20.1 Å². The Morgan fingerprint density at radius 3 is 2.81 bits per heavy atom. The van der Waals surface area contributed by atoms with Crippen LogP contribution in [0.2, 0.25) is 0 Å². The fourth-order valence-corrected chi connectivity index (χ4v) is 5.22. The first-order valence-electron chi connectivity index (χ1n) is 8.34. The zero-order chi connectivity index (χ0) is 18.2. The lowest BCUT2D eigenvalue weighted by molar-refractivity contribution is -0.191. The Kier molecular flexibility index (Phi) is 3.40. The molecule has 11 heteroatoms. The highest BCUT2D eigenvalue weighted by Gasteiger charge is 2.41. The van der Waals surface area contributed by atoms with Gasteiger partial charge in [-0.25, -0.2) is 0 Å². The molecule has 3 aromatic heterocycles. The summed E-state index contributed by atoms with van der Waals surface area (Å²) >= 11 is 1.49. The van der Waals surface area contributed by atoms with E-state index in [1.54, 1.807) is 4.40 Å². The molecule has 0 saturated carbocycles. The van der Waals surface area contributed by atoms with Gasteiger partial charge in [-0.05, 0) is 24.8 Å². The van der Waals surface area contributed by atoms with E-state index in [-0.39, 0.29) is 23.8 Å². The van der Waals surface area contributed by atoms with Gasteiger partial charge < -0.3 is 25.9 Å². The number of nitrogens with two attached hydrogens (primary N) is 1. The molecule has 4 atom stereocenters. The molecule has 0 amide bonds.